The van der Waals surface area contributed by atoms with Gasteiger partial charge >= 0.3 is 0 Å². The lowest BCUT2D eigenvalue weighted by atomic mass is 10.1. The van der Waals surface area contributed by atoms with Crippen LogP contribution in [0.1, 0.15) is 5.69 Å². The van der Waals surface area contributed by atoms with Crippen LogP contribution < -0.4 is 15.2 Å². The van der Waals surface area contributed by atoms with E-state index in [1.807, 2.05) is 47.9 Å². The molecule has 2 N–H and O–H groups in total. The van der Waals surface area contributed by atoms with Crippen LogP contribution in [-0.2, 0) is 0 Å². The van der Waals surface area contributed by atoms with E-state index in [2.05, 4.69) is 4.98 Å². The minimum atomic E-state index is 0.577. The highest BCUT2D eigenvalue weighted by Crippen LogP contribution is 2.35. The number of hydrogen-bond donors (Lipinski definition) is 1. The number of nitrogens with two attached hydrogens (primary N) is 1. The van der Waals surface area contributed by atoms with Gasteiger partial charge in [0.2, 0.25) is 0 Å². The summed E-state index contributed by atoms with van der Waals surface area (Å²) in [5.74, 6) is 1.55. The van der Waals surface area contributed by atoms with E-state index in [-0.39, 0.29) is 0 Å². The van der Waals surface area contributed by atoms with Crippen LogP contribution in [-0.4, -0.2) is 22.6 Å². The van der Waals surface area contributed by atoms with Gasteiger partial charge in [0.25, 0.3) is 0 Å². The molecule has 2 aromatic heterocycles. The standard InChI is InChI=1S/C16H15N3O2/c1-10-15(18-16-12(17)3-2-6-19(10)16)11-4-5-13-14(9-11)21-8-7-20-13/h2-6,9H,7-8,17H2,1H3. The second kappa shape index (κ2) is 4.41. The molecule has 3 aromatic rings. The maximum atomic E-state index is 6.00. The van der Waals surface area contributed by atoms with E-state index < -0.39 is 0 Å². The minimum absolute atomic E-state index is 0.577. The number of imidazole rings is 1. The number of hydrogen-bond acceptors (Lipinski definition) is 4. The number of rotatable bonds is 1. The van der Waals surface area contributed by atoms with Gasteiger partial charge in [-0.15, -0.1) is 0 Å². The van der Waals surface area contributed by atoms with Crippen LogP contribution in [0.25, 0.3) is 16.9 Å². The first-order chi connectivity index (χ1) is 10.2. The summed E-state index contributed by atoms with van der Waals surface area (Å²) in [7, 11) is 0. The lowest BCUT2D eigenvalue weighted by Crippen LogP contribution is -2.15. The zero-order valence-corrected chi connectivity index (χ0v) is 11.7. The van der Waals surface area contributed by atoms with Crippen molar-refractivity contribution < 1.29 is 9.47 Å². The Morgan fingerprint density at radius 1 is 1.14 bits per heavy atom. The highest BCUT2D eigenvalue weighted by atomic mass is 16.6. The molecule has 4 rings (SSSR count). The molecule has 0 spiro atoms. The fraction of sp³-hybridized carbons (Fsp3) is 0.188. The quantitative estimate of drug-likeness (QED) is 0.745. The largest absolute Gasteiger partial charge is 0.486 e. The lowest BCUT2D eigenvalue weighted by Gasteiger charge is -2.18. The average molecular weight is 281 g/mol. The summed E-state index contributed by atoms with van der Waals surface area (Å²) in [6, 6.07) is 9.68. The highest BCUT2D eigenvalue weighted by molar-refractivity contribution is 5.74. The van der Waals surface area contributed by atoms with Gasteiger partial charge in [0.15, 0.2) is 17.1 Å². The van der Waals surface area contributed by atoms with E-state index in [0.29, 0.717) is 18.9 Å². The number of anilines is 1. The third-order valence-electron chi connectivity index (χ3n) is 3.73. The highest BCUT2D eigenvalue weighted by Gasteiger charge is 2.16. The fourth-order valence-electron chi connectivity index (χ4n) is 2.67. The van der Waals surface area contributed by atoms with Crippen LogP contribution in [0.4, 0.5) is 5.69 Å². The van der Waals surface area contributed by atoms with Gasteiger partial charge in [-0.2, -0.15) is 0 Å². The molecule has 0 radical (unpaired) electrons. The van der Waals surface area contributed by atoms with Crippen LogP contribution in [0, 0.1) is 6.92 Å². The molecule has 1 aliphatic heterocycles. The second-order valence-electron chi connectivity index (χ2n) is 5.06. The Morgan fingerprint density at radius 2 is 1.95 bits per heavy atom. The molecule has 0 saturated heterocycles. The predicted molar refractivity (Wildman–Crippen MR) is 80.8 cm³/mol. The van der Waals surface area contributed by atoms with Gasteiger partial charge < -0.3 is 19.6 Å². The van der Waals surface area contributed by atoms with Crippen molar-refractivity contribution in [3.8, 4) is 22.8 Å². The molecule has 0 aliphatic carbocycles. The zero-order chi connectivity index (χ0) is 14.4. The Morgan fingerprint density at radius 3 is 2.76 bits per heavy atom. The minimum Gasteiger partial charge on any atom is -0.486 e. The van der Waals surface area contributed by atoms with Crippen molar-refractivity contribution in [3.63, 3.8) is 0 Å². The van der Waals surface area contributed by atoms with Crippen LogP contribution in [0.2, 0.25) is 0 Å². The van der Waals surface area contributed by atoms with Gasteiger partial charge in [-0.25, -0.2) is 4.98 Å². The number of fused-ring (bicyclic) bond motifs is 2. The lowest BCUT2D eigenvalue weighted by molar-refractivity contribution is 0.171. The summed E-state index contributed by atoms with van der Waals surface area (Å²) in [6.07, 6.45) is 1.97. The molecule has 1 aromatic carbocycles. The van der Waals surface area contributed by atoms with Crippen LogP contribution in [0.5, 0.6) is 11.5 Å². The summed E-state index contributed by atoms with van der Waals surface area (Å²) in [5.41, 5.74) is 10.4. The molecule has 0 fully saturated rings. The number of pyridine rings is 1. The molecule has 0 amide bonds. The van der Waals surface area contributed by atoms with Crippen molar-refractivity contribution in [2.24, 2.45) is 0 Å². The summed E-state index contributed by atoms with van der Waals surface area (Å²) in [4.78, 5) is 4.67. The SMILES string of the molecule is Cc1c(-c2ccc3c(c2)OCCO3)nc2c(N)cccn12. The fourth-order valence-corrected chi connectivity index (χ4v) is 2.67. The van der Waals surface area contributed by atoms with Gasteiger partial charge in [-0.1, -0.05) is 0 Å². The van der Waals surface area contributed by atoms with Crippen molar-refractivity contribution in [2.45, 2.75) is 6.92 Å². The average Bonchev–Trinajstić information content (AvgIpc) is 2.86. The van der Waals surface area contributed by atoms with Gasteiger partial charge in [0, 0.05) is 17.5 Å². The van der Waals surface area contributed by atoms with Crippen molar-refractivity contribution in [3.05, 3.63) is 42.2 Å². The van der Waals surface area contributed by atoms with E-state index in [1.165, 1.54) is 0 Å². The summed E-state index contributed by atoms with van der Waals surface area (Å²) < 4.78 is 13.2. The monoisotopic (exact) mass is 281 g/mol. The smallest absolute Gasteiger partial charge is 0.162 e. The molecule has 0 saturated carbocycles. The predicted octanol–water partition coefficient (Wildman–Crippen LogP) is 2.66. The van der Waals surface area contributed by atoms with Crippen LogP contribution >= 0.6 is 0 Å². The van der Waals surface area contributed by atoms with Crippen LogP contribution in [0.15, 0.2) is 36.5 Å². The molecule has 0 bridgehead atoms. The zero-order valence-electron chi connectivity index (χ0n) is 11.7. The Hall–Kier alpha value is -2.69. The number of nitrogen functional groups attached to an aromatic ring is 1. The van der Waals surface area contributed by atoms with Crippen molar-refractivity contribution in [1.29, 1.82) is 0 Å². The molecular weight excluding hydrogens is 266 g/mol. The van der Waals surface area contributed by atoms with Crippen molar-refractivity contribution in [1.82, 2.24) is 9.38 Å². The number of benzene rings is 1. The number of aryl methyl sites for hydroxylation is 1. The molecule has 5 nitrogen and oxygen atoms in total. The third kappa shape index (κ3) is 1.81. The van der Waals surface area contributed by atoms with Crippen molar-refractivity contribution in [2.75, 3.05) is 18.9 Å². The molecule has 0 atom stereocenters. The van der Waals surface area contributed by atoms with Gasteiger partial charge in [-0.05, 0) is 37.3 Å². The number of ether oxygens (including phenoxy) is 2. The first-order valence-corrected chi connectivity index (χ1v) is 6.87. The maximum Gasteiger partial charge on any atom is 0.162 e. The second-order valence-corrected chi connectivity index (χ2v) is 5.06. The third-order valence-corrected chi connectivity index (χ3v) is 3.73. The molecule has 1 aliphatic rings. The van der Waals surface area contributed by atoms with Crippen molar-refractivity contribution >= 4 is 11.3 Å². The molecule has 3 heterocycles. The topological polar surface area (TPSA) is 61.8 Å². The van der Waals surface area contributed by atoms with E-state index in [4.69, 9.17) is 15.2 Å². The molecule has 21 heavy (non-hydrogen) atoms. The number of aromatic nitrogens is 2. The van der Waals surface area contributed by atoms with E-state index in [9.17, 15) is 0 Å². The Bertz CT molecular complexity index is 839. The first-order valence-electron chi connectivity index (χ1n) is 6.87. The van der Waals surface area contributed by atoms with Gasteiger partial charge in [-0.3, -0.25) is 0 Å². The summed E-state index contributed by atoms with van der Waals surface area (Å²) in [6.45, 7) is 3.20. The maximum absolute atomic E-state index is 6.00. The van der Waals surface area contributed by atoms with Crippen LogP contribution in [0.3, 0.4) is 0 Å². The Labute approximate surface area is 121 Å². The van der Waals surface area contributed by atoms with E-state index >= 15 is 0 Å². The summed E-state index contributed by atoms with van der Waals surface area (Å²) in [5, 5.41) is 0. The molecule has 0 unspecified atom stereocenters. The molecule has 106 valence electrons. The van der Waals surface area contributed by atoms with E-state index in [1.54, 1.807) is 0 Å². The van der Waals surface area contributed by atoms with Gasteiger partial charge in [0.1, 0.15) is 13.2 Å². The van der Waals surface area contributed by atoms with E-state index in [0.717, 1.165) is 34.1 Å². The first kappa shape index (κ1) is 12.1. The molecule has 5 heteroatoms. The Kier molecular flexibility index (Phi) is 2.54. The normalized spacial score (nSPS) is 13.6. The van der Waals surface area contributed by atoms with Gasteiger partial charge in [0.05, 0.1) is 11.4 Å². The molecular formula is C16H15N3O2. The summed E-state index contributed by atoms with van der Waals surface area (Å²) >= 11 is 0. The Balaban J connectivity index is 1.90. The number of nitrogens with zero attached hydrogens (tertiary/aromatic N) is 2.